The Morgan fingerprint density at radius 3 is 2.36 bits per heavy atom. The van der Waals surface area contributed by atoms with Crippen molar-refractivity contribution in [2.24, 2.45) is 0 Å². The number of hydrogen-bond acceptors (Lipinski definition) is 0. The van der Waals surface area contributed by atoms with Crippen molar-refractivity contribution in [1.82, 2.24) is 0 Å². The maximum absolute atomic E-state index is 2.26. The molecule has 76 valence electrons. The molecule has 1 nitrogen and oxygen atoms in total. The number of hydrogen-bond donors (Lipinski definition) is 0. The molecule has 0 saturated carbocycles. The van der Waals surface area contributed by atoms with Crippen LogP contribution in [0.5, 0.6) is 0 Å². The third-order valence-corrected chi connectivity index (χ3v) is 2.29. The Labute approximate surface area is 87.3 Å². The quantitative estimate of drug-likeness (QED) is 0.506. The molecule has 0 aliphatic heterocycles. The average molecular weight is 190 g/mol. The fourth-order valence-corrected chi connectivity index (χ4v) is 1.53. The second-order valence-corrected chi connectivity index (χ2v) is 4.33. The Morgan fingerprint density at radius 1 is 1.14 bits per heavy atom. The summed E-state index contributed by atoms with van der Waals surface area (Å²) in [6.45, 7) is 4.25. The molecule has 14 heavy (non-hydrogen) atoms. The van der Waals surface area contributed by atoms with Crippen molar-refractivity contribution in [2.75, 3.05) is 20.6 Å². The molecule has 1 aromatic rings. The van der Waals surface area contributed by atoms with Crippen LogP contribution in [0.3, 0.4) is 0 Å². The minimum absolute atomic E-state index is 1.01. The zero-order chi connectivity index (χ0) is 10.4. The van der Waals surface area contributed by atoms with Crippen LogP contribution >= 0.6 is 0 Å². The number of allylic oxidation sites excluding steroid dienone is 1. The lowest BCUT2D eigenvalue weighted by atomic mass is 10.2. The summed E-state index contributed by atoms with van der Waals surface area (Å²) >= 11 is 0. The molecule has 0 aliphatic carbocycles. The molecule has 0 bridgehead atoms. The van der Waals surface area contributed by atoms with Gasteiger partial charge in [-0.15, -0.1) is 0 Å². The maximum Gasteiger partial charge on any atom is 0.104 e. The van der Waals surface area contributed by atoms with E-state index in [1.165, 1.54) is 5.56 Å². The number of likely N-dealkylation sites (N-methyl/N-ethyl adjacent to an activating group) is 1. The van der Waals surface area contributed by atoms with Gasteiger partial charge in [0.25, 0.3) is 0 Å². The van der Waals surface area contributed by atoms with Crippen LogP contribution in [0.1, 0.15) is 12.5 Å². The predicted molar refractivity (Wildman–Crippen MR) is 61.9 cm³/mol. The summed E-state index contributed by atoms with van der Waals surface area (Å²) < 4.78 is 1.01. The van der Waals surface area contributed by atoms with E-state index in [-0.39, 0.29) is 0 Å². The number of quaternary nitrogens is 1. The Kier molecular flexibility index (Phi) is 3.90. The molecule has 0 aromatic heterocycles. The van der Waals surface area contributed by atoms with Gasteiger partial charge in [0.05, 0.1) is 20.6 Å². The van der Waals surface area contributed by atoms with Gasteiger partial charge < -0.3 is 4.48 Å². The van der Waals surface area contributed by atoms with Crippen LogP contribution in [-0.4, -0.2) is 25.1 Å². The molecule has 0 amide bonds. The Bertz CT molecular complexity index is 285. The highest BCUT2D eigenvalue weighted by atomic mass is 15.3. The molecule has 0 fully saturated rings. The Balaban J connectivity index is 2.59. The lowest BCUT2D eigenvalue weighted by molar-refractivity contribution is -0.897. The summed E-state index contributed by atoms with van der Waals surface area (Å²) in [4.78, 5) is 0. The van der Waals surface area contributed by atoms with Crippen molar-refractivity contribution < 1.29 is 4.48 Å². The predicted octanol–water partition coefficient (Wildman–Crippen LogP) is 2.84. The van der Waals surface area contributed by atoms with Crippen LogP contribution in [0.2, 0.25) is 0 Å². The van der Waals surface area contributed by atoms with Gasteiger partial charge in [-0.2, -0.15) is 0 Å². The standard InChI is InChI=1S/C13H20N/c1-4-5-11-14(2,3)12-13-9-7-6-8-10-13/h4-10H,11-12H2,1-3H3/q+1. The van der Waals surface area contributed by atoms with Gasteiger partial charge in [-0.05, 0) is 13.0 Å². The summed E-state index contributed by atoms with van der Waals surface area (Å²) in [5.74, 6) is 0. The van der Waals surface area contributed by atoms with E-state index < -0.39 is 0 Å². The monoisotopic (exact) mass is 190 g/mol. The van der Waals surface area contributed by atoms with E-state index in [9.17, 15) is 0 Å². The molecular weight excluding hydrogens is 170 g/mol. The highest BCUT2D eigenvalue weighted by molar-refractivity contribution is 5.13. The van der Waals surface area contributed by atoms with Crippen molar-refractivity contribution in [3.8, 4) is 0 Å². The van der Waals surface area contributed by atoms with Gasteiger partial charge in [-0.1, -0.05) is 36.4 Å². The zero-order valence-electron chi connectivity index (χ0n) is 9.40. The molecule has 0 radical (unpaired) electrons. The fourth-order valence-electron chi connectivity index (χ4n) is 1.53. The third kappa shape index (κ3) is 3.75. The molecule has 0 saturated heterocycles. The summed E-state index contributed by atoms with van der Waals surface area (Å²) in [6, 6.07) is 10.6. The highest BCUT2D eigenvalue weighted by Gasteiger charge is 2.12. The van der Waals surface area contributed by atoms with Crippen LogP contribution in [0.4, 0.5) is 0 Å². The summed E-state index contributed by atoms with van der Waals surface area (Å²) in [5, 5.41) is 0. The van der Waals surface area contributed by atoms with E-state index in [1.54, 1.807) is 0 Å². The minimum Gasteiger partial charge on any atom is -0.321 e. The molecule has 1 heteroatoms. The molecule has 0 aliphatic rings. The van der Waals surface area contributed by atoms with Crippen LogP contribution in [0.15, 0.2) is 42.5 Å². The van der Waals surface area contributed by atoms with Crippen molar-refractivity contribution >= 4 is 0 Å². The van der Waals surface area contributed by atoms with Crippen LogP contribution in [0.25, 0.3) is 0 Å². The van der Waals surface area contributed by atoms with E-state index in [4.69, 9.17) is 0 Å². The molecule has 0 N–H and O–H groups in total. The van der Waals surface area contributed by atoms with Crippen LogP contribution in [-0.2, 0) is 6.54 Å². The van der Waals surface area contributed by atoms with Crippen LogP contribution < -0.4 is 0 Å². The van der Waals surface area contributed by atoms with Gasteiger partial charge in [0, 0.05) is 5.56 Å². The van der Waals surface area contributed by atoms with Gasteiger partial charge in [0.1, 0.15) is 6.54 Å². The topological polar surface area (TPSA) is 0 Å². The molecule has 1 rings (SSSR count). The van der Waals surface area contributed by atoms with Crippen LogP contribution in [0, 0.1) is 0 Å². The summed E-state index contributed by atoms with van der Waals surface area (Å²) in [7, 11) is 4.51. The minimum atomic E-state index is 1.01. The first-order chi connectivity index (χ1) is 6.64. The van der Waals surface area contributed by atoms with E-state index in [1.807, 2.05) is 0 Å². The van der Waals surface area contributed by atoms with Crippen molar-refractivity contribution in [3.05, 3.63) is 48.0 Å². The van der Waals surface area contributed by atoms with Gasteiger partial charge in [0.2, 0.25) is 0 Å². The molecule has 1 aromatic carbocycles. The van der Waals surface area contributed by atoms with Crippen molar-refractivity contribution in [1.29, 1.82) is 0 Å². The normalized spacial score (nSPS) is 12.2. The van der Waals surface area contributed by atoms with Crippen molar-refractivity contribution in [2.45, 2.75) is 13.5 Å². The maximum atomic E-state index is 2.26. The van der Waals surface area contributed by atoms with Gasteiger partial charge in [0.15, 0.2) is 0 Å². The fraction of sp³-hybridized carbons (Fsp3) is 0.385. The first kappa shape index (κ1) is 11.0. The summed E-state index contributed by atoms with van der Waals surface area (Å²) in [6.07, 6.45) is 4.34. The molecule has 0 atom stereocenters. The van der Waals surface area contributed by atoms with E-state index in [0.717, 1.165) is 17.6 Å². The lowest BCUT2D eigenvalue weighted by Crippen LogP contribution is -2.38. The van der Waals surface area contributed by atoms with Gasteiger partial charge in [-0.3, -0.25) is 0 Å². The first-order valence-corrected chi connectivity index (χ1v) is 5.11. The number of rotatable bonds is 4. The van der Waals surface area contributed by atoms with Gasteiger partial charge in [-0.25, -0.2) is 0 Å². The molecule has 0 heterocycles. The van der Waals surface area contributed by atoms with Crippen molar-refractivity contribution in [3.63, 3.8) is 0 Å². The SMILES string of the molecule is CC=CC[N+](C)(C)Cc1ccccc1. The number of benzene rings is 1. The first-order valence-electron chi connectivity index (χ1n) is 5.11. The van der Waals surface area contributed by atoms with Gasteiger partial charge >= 0.3 is 0 Å². The zero-order valence-corrected chi connectivity index (χ0v) is 9.40. The highest BCUT2D eigenvalue weighted by Crippen LogP contribution is 2.08. The van der Waals surface area contributed by atoms with E-state index in [2.05, 4.69) is 63.5 Å². The molecular formula is C13H20N+. The second-order valence-electron chi connectivity index (χ2n) is 4.33. The Hall–Kier alpha value is -1.08. The Morgan fingerprint density at radius 2 is 1.79 bits per heavy atom. The van der Waals surface area contributed by atoms with E-state index in [0.29, 0.717) is 0 Å². The second kappa shape index (κ2) is 4.97. The smallest absolute Gasteiger partial charge is 0.104 e. The molecule has 0 spiro atoms. The number of nitrogens with zero attached hydrogens (tertiary/aromatic N) is 1. The third-order valence-electron chi connectivity index (χ3n) is 2.29. The average Bonchev–Trinajstić information content (AvgIpc) is 2.16. The molecule has 0 unspecified atom stereocenters. The summed E-state index contributed by atoms with van der Waals surface area (Å²) in [5.41, 5.74) is 1.40. The lowest BCUT2D eigenvalue weighted by Gasteiger charge is -2.28. The largest absolute Gasteiger partial charge is 0.321 e. The van der Waals surface area contributed by atoms with E-state index >= 15 is 0 Å².